The van der Waals surface area contributed by atoms with E-state index in [1.807, 2.05) is 13.0 Å². The van der Waals surface area contributed by atoms with Crippen LogP contribution in [0.2, 0.25) is 0 Å². The Kier molecular flexibility index (Phi) is 2.68. The summed E-state index contributed by atoms with van der Waals surface area (Å²) in [4.78, 5) is 0. The lowest BCUT2D eigenvalue weighted by molar-refractivity contribution is 0.386. The van der Waals surface area contributed by atoms with Crippen molar-refractivity contribution in [3.05, 3.63) is 29.1 Å². The van der Waals surface area contributed by atoms with Crippen molar-refractivity contribution < 1.29 is 4.39 Å². The van der Waals surface area contributed by atoms with Crippen molar-refractivity contribution in [2.75, 3.05) is 11.9 Å². The standard InChI is InChI=1S/C13H18FN/c1-8(2)10-6-11-12(14)5-4-9(3)13(11)15-7-10/h4-5,8,10,15H,6-7H2,1-3H3. The van der Waals surface area contributed by atoms with Crippen LogP contribution in [-0.4, -0.2) is 6.54 Å². The van der Waals surface area contributed by atoms with Gasteiger partial charge in [-0.25, -0.2) is 4.39 Å². The van der Waals surface area contributed by atoms with Gasteiger partial charge in [0.2, 0.25) is 0 Å². The van der Waals surface area contributed by atoms with Crippen molar-refractivity contribution in [3.8, 4) is 0 Å². The second kappa shape index (κ2) is 3.84. The maximum absolute atomic E-state index is 13.6. The summed E-state index contributed by atoms with van der Waals surface area (Å²) in [6.07, 6.45) is 0.869. The Bertz CT molecular complexity index is 371. The van der Waals surface area contributed by atoms with E-state index in [0.29, 0.717) is 11.8 Å². The van der Waals surface area contributed by atoms with Gasteiger partial charge in [-0.3, -0.25) is 0 Å². The molecule has 0 saturated carbocycles. The summed E-state index contributed by atoms with van der Waals surface area (Å²) >= 11 is 0. The highest BCUT2D eigenvalue weighted by atomic mass is 19.1. The van der Waals surface area contributed by atoms with E-state index in [1.54, 1.807) is 6.07 Å². The highest BCUT2D eigenvalue weighted by molar-refractivity contribution is 5.59. The third kappa shape index (κ3) is 1.85. The minimum atomic E-state index is -0.0616. The molecule has 2 rings (SSSR count). The number of anilines is 1. The minimum Gasteiger partial charge on any atom is -0.384 e. The number of nitrogens with one attached hydrogen (secondary N) is 1. The average molecular weight is 207 g/mol. The van der Waals surface area contributed by atoms with E-state index in [2.05, 4.69) is 19.2 Å². The van der Waals surface area contributed by atoms with Gasteiger partial charge in [-0.1, -0.05) is 19.9 Å². The molecule has 1 unspecified atom stereocenters. The first kappa shape index (κ1) is 10.5. The van der Waals surface area contributed by atoms with E-state index < -0.39 is 0 Å². The van der Waals surface area contributed by atoms with Gasteiger partial charge in [-0.05, 0) is 36.8 Å². The first-order valence-electron chi connectivity index (χ1n) is 5.61. The van der Waals surface area contributed by atoms with Crippen LogP contribution in [0.5, 0.6) is 0 Å². The van der Waals surface area contributed by atoms with Crippen LogP contribution in [0.15, 0.2) is 12.1 Å². The van der Waals surface area contributed by atoms with Crippen LogP contribution in [0.25, 0.3) is 0 Å². The molecule has 0 spiro atoms. The van der Waals surface area contributed by atoms with E-state index in [-0.39, 0.29) is 5.82 Å². The van der Waals surface area contributed by atoms with E-state index in [0.717, 1.165) is 29.8 Å². The van der Waals surface area contributed by atoms with Crippen LogP contribution in [0.3, 0.4) is 0 Å². The lowest BCUT2D eigenvalue weighted by atomic mass is 9.85. The molecule has 0 saturated heterocycles. The summed E-state index contributed by atoms with van der Waals surface area (Å²) in [5.74, 6) is 1.09. The van der Waals surface area contributed by atoms with Crippen molar-refractivity contribution in [1.29, 1.82) is 0 Å². The monoisotopic (exact) mass is 207 g/mol. The third-order valence-corrected chi connectivity index (χ3v) is 3.41. The highest BCUT2D eigenvalue weighted by Crippen LogP contribution is 2.32. The average Bonchev–Trinajstić information content (AvgIpc) is 2.23. The van der Waals surface area contributed by atoms with Gasteiger partial charge in [0.25, 0.3) is 0 Å². The largest absolute Gasteiger partial charge is 0.384 e. The van der Waals surface area contributed by atoms with E-state index in [1.165, 1.54) is 0 Å². The first-order valence-corrected chi connectivity index (χ1v) is 5.61. The Balaban J connectivity index is 2.36. The molecule has 0 radical (unpaired) electrons. The molecule has 1 nitrogen and oxygen atoms in total. The van der Waals surface area contributed by atoms with Crippen molar-refractivity contribution >= 4 is 5.69 Å². The fourth-order valence-electron chi connectivity index (χ4n) is 2.22. The van der Waals surface area contributed by atoms with Gasteiger partial charge in [0.05, 0.1) is 0 Å². The first-order chi connectivity index (χ1) is 7.09. The Morgan fingerprint density at radius 2 is 2.13 bits per heavy atom. The van der Waals surface area contributed by atoms with Gasteiger partial charge >= 0.3 is 0 Å². The fraction of sp³-hybridized carbons (Fsp3) is 0.538. The van der Waals surface area contributed by atoms with Gasteiger partial charge in [0.1, 0.15) is 5.82 Å². The highest BCUT2D eigenvalue weighted by Gasteiger charge is 2.24. The van der Waals surface area contributed by atoms with Crippen LogP contribution >= 0.6 is 0 Å². The smallest absolute Gasteiger partial charge is 0.128 e. The molecule has 0 bridgehead atoms. The molecule has 2 heteroatoms. The van der Waals surface area contributed by atoms with Crippen molar-refractivity contribution in [3.63, 3.8) is 0 Å². The summed E-state index contributed by atoms with van der Waals surface area (Å²) in [5.41, 5.74) is 3.04. The lowest BCUT2D eigenvalue weighted by Gasteiger charge is -2.30. The molecule has 1 aliphatic heterocycles. The zero-order chi connectivity index (χ0) is 11.0. The Morgan fingerprint density at radius 1 is 1.40 bits per heavy atom. The number of hydrogen-bond acceptors (Lipinski definition) is 1. The number of fused-ring (bicyclic) bond motifs is 1. The summed E-state index contributed by atoms with van der Waals surface area (Å²) in [5, 5.41) is 3.36. The van der Waals surface area contributed by atoms with Gasteiger partial charge in [-0.2, -0.15) is 0 Å². The lowest BCUT2D eigenvalue weighted by Crippen LogP contribution is -2.28. The Hall–Kier alpha value is -1.05. The molecule has 1 aliphatic rings. The normalized spacial score (nSPS) is 19.9. The quantitative estimate of drug-likeness (QED) is 0.744. The summed E-state index contributed by atoms with van der Waals surface area (Å²) < 4.78 is 13.6. The van der Waals surface area contributed by atoms with Gasteiger partial charge in [0, 0.05) is 17.8 Å². The molecule has 1 N–H and O–H groups in total. The number of hydrogen-bond donors (Lipinski definition) is 1. The SMILES string of the molecule is Cc1ccc(F)c2c1NCC(C(C)C)C2. The van der Waals surface area contributed by atoms with Crippen molar-refractivity contribution in [2.24, 2.45) is 11.8 Å². The number of aryl methyl sites for hydroxylation is 1. The molecular formula is C13H18FN. The van der Waals surface area contributed by atoms with E-state index in [4.69, 9.17) is 0 Å². The van der Waals surface area contributed by atoms with Crippen LogP contribution in [0.1, 0.15) is 25.0 Å². The summed E-state index contributed by atoms with van der Waals surface area (Å²) in [6.45, 7) is 7.39. The van der Waals surface area contributed by atoms with E-state index in [9.17, 15) is 4.39 Å². The molecule has 0 aromatic heterocycles. The topological polar surface area (TPSA) is 12.0 Å². The van der Waals surface area contributed by atoms with Crippen molar-refractivity contribution in [2.45, 2.75) is 27.2 Å². The Morgan fingerprint density at radius 3 is 2.80 bits per heavy atom. The predicted molar refractivity (Wildman–Crippen MR) is 61.7 cm³/mol. The molecule has 0 aliphatic carbocycles. The van der Waals surface area contributed by atoms with E-state index >= 15 is 0 Å². The molecule has 1 aromatic carbocycles. The molecule has 1 atom stereocenters. The molecule has 0 fully saturated rings. The van der Waals surface area contributed by atoms with Gasteiger partial charge in [-0.15, -0.1) is 0 Å². The van der Waals surface area contributed by atoms with Crippen LogP contribution in [0.4, 0.5) is 10.1 Å². The second-order valence-electron chi connectivity index (χ2n) is 4.81. The number of rotatable bonds is 1. The molecule has 1 heterocycles. The summed E-state index contributed by atoms with van der Waals surface area (Å²) in [7, 11) is 0. The van der Waals surface area contributed by atoms with Crippen molar-refractivity contribution in [1.82, 2.24) is 0 Å². The molecule has 0 amide bonds. The number of benzene rings is 1. The zero-order valence-electron chi connectivity index (χ0n) is 9.60. The second-order valence-corrected chi connectivity index (χ2v) is 4.81. The maximum atomic E-state index is 13.6. The maximum Gasteiger partial charge on any atom is 0.128 e. The molecule has 1 aromatic rings. The van der Waals surface area contributed by atoms with Crippen LogP contribution < -0.4 is 5.32 Å². The Labute approximate surface area is 90.7 Å². The fourth-order valence-corrected chi connectivity index (χ4v) is 2.22. The number of halogens is 1. The molecule has 82 valence electrons. The van der Waals surface area contributed by atoms with Crippen LogP contribution in [0, 0.1) is 24.6 Å². The van der Waals surface area contributed by atoms with Gasteiger partial charge < -0.3 is 5.32 Å². The predicted octanol–water partition coefficient (Wildman–Crippen LogP) is 3.37. The third-order valence-electron chi connectivity index (χ3n) is 3.41. The minimum absolute atomic E-state index is 0.0616. The summed E-state index contributed by atoms with van der Waals surface area (Å²) in [6, 6.07) is 3.43. The van der Waals surface area contributed by atoms with Gasteiger partial charge in [0.15, 0.2) is 0 Å². The zero-order valence-corrected chi connectivity index (χ0v) is 9.60. The molecule has 15 heavy (non-hydrogen) atoms. The van der Waals surface area contributed by atoms with Crippen LogP contribution in [-0.2, 0) is 6.42 Å². The molecular weight excluding hydrogens is 189 g/mol.